The number of esters is 1. The van der Waals surface area contributed by atoms with Crippen LogP contribution in [0, 0.1) is 11.3 Å². The summed E-state index contributed by atoms with van der Waals surface area (Å²) in [5.41, 5.74) is -0.150. The van der Waals surface area contributed by atoms with Crippen LogP contribution >= 0.6 is 0 Å². The molecule has 0 aromatic carbocycles. The van der Waals surface area contributed by atoms with Crippen molar-refractivity contribution in [2.24, 2.45) is 11.3 Å². The summed E-state index contributed by atoms with van der Waals surface area (Å²) in [4.78, 5) is 15.1. The smallest absolute Gasteiger partial charge is 0.313 e. The first-order chi connectivity index (χ1) is 8.78. The van der Waals surface area contributed by atoms with E-state index in [1.165, 1.54) is 38.6 Å². The van der Waals surface area contributed by atoms with E-state index >= 15 is 0 Å². The van der Waals surface area contributed by atoms with E-state index in [4.69, 9.17) is 4.74 Å². The normalized spacial score (nSPS) is 40.1. The Hall–Kier alpha value is -0.570. The highest BCUT2D eigenvalue weighted by molar-refractivity contribution is 5.78. The second kappa shape index (κ2) is 4.84. The quantitative estimate of drug-likeness (QED) is 0.707. The molecule has 0 amide bonds. The van der Waals surface area contributed by atoms with Gasteiger partial charge in [0.25, 0.3) is 0 Å². The molecule has 3 unspecified atom stereocenters. The van der Waals surface area contributed by atoms with Crippen LogP contribution in [0.15, 0.2) is 0 Å². The maximum Gasteiger partial charge on any atom is 0.313 e. The summed E-state index contributed by atoms with van der Waals surface area (Å²) in [5.74, 6) is 0.845. The summed E-state index contributed by atoms with van der Waals surface area (Å²) in [5, 5.41) is 0. The van der Waals surface area contributed by atoms with Crippen LogP contribution in [0.4, 0.5) is 0 Å². The summed E-state index contributed by atoms with van der Waals surface area (Å²) in [7, 11) is 0. The van der Waals surface area contributed by atoms with Crippen LogP contribution in [0.5, 0.6) is 0 Å². The molecule has 0 spiro atoms. The first kappa shape index (κ1) is 12.5. The number of rotatable bonds is 2. The predicted octanol–water partition coefficient (Wildman–Crippen LogP) is 2.59. The Labute approximate surface area is 110 Å². The Morgan fingerprint density at radius 3 is 2.89 bits per heavy atom. The van der Waals surface area contributed by atoms with Crippen molar-refractivity contribution in [3.05, 3.63) is 0 Å². The molecule has 0 N–H and O–H groups in total. The molecule has 0 aromatic rings. The van der Waals surface area contributed by atoms with Crippen LogP contribution < -0.4 is 0 Å². The SMILES string of the molecule is CCOC(=O)C12CCCC3CCCCN(CC1)C32. The molecular formula is C15H25NO2. The van der Waals surface area contributed by atoms with Crippen molar-refractivity contribution in [2.75, 3.05) is 19.7 Å². The van der Waals surface area contributed by atoms with Gasteiger partial charge in [-0.3, -0.25) is 9.69 Å². The molecule has 2 saturated heterocycles. The molecule has 3 fully saturated rings. The Kier molecular flexibility index (Phi) is 3.35. The molecule has 0 aromatic heterocycles. The van der Waals surface area contributed by atoms with Crippen molar-refractivity contribution >= 4 is 5.97 Å². The Morgan fingerprint density at radius 1 is 1.22 bits per heavy atom. The van der Waals surface area contributed by atoms with E-state index in [0.29, 0.717) is 12.6 Å². The van der Waals surface area contributed by atoms with Crippen LogP contribution in [0.1, 0.15) is 51.9 Å². The zero-order valence-corrected chi connectivity index (χ0v) is 11.5. The molecule has 1 saturated carbocycles. The minimum Gasteiger partial charge on any atom is -0.466 e. The van der Waals surface area contributed by atoms with Crippen molar-refractivity contribution in [3.8, 4) is 0 Å². The number of hydrogen-bond acceptors (Lipinski definition) is 3. The first-order valence-corrected chi connectivity index (χ1v) is 7.69. The largest absolute Gasteiger partial charge is 0.466 e. The summed E-state index contributed by atoms with van der Waals surface area (Å²) >= 11 is 0. The fourth-order valence-corrected chi connectivity index (χ4v) is 4.71. The number of nitrogens with zero attached hydrogens (tertiary/aromatic N) is 1. The highest BCUT2D eigenvalue weighted by Gasteiger charge is 2.57. The van der Waals surface area contributed by atoms with Gasteiger partial charge in [0.2, 0.25) is 0 Å². The molecular weight excluding hydrogens is 226 g/mol. The zero-order valence-electron chi connectivity index (χ0n) is 11.5. The first-order valence-electron chi connectivity index (χ1n) is 7.69. The van der Waals surface area contributed by atoms with E-state index in [1.54, 1.807) is 0 Å². The maximum absolute atomic E-state index is 12.5. The van der Waals surface area contributed by atoms with Gasteiger partial charge in [-0.15, -0.1) is 0 Å². The predicted molar refractivity (Wildman–Crippen MR) is 70.2 cm³/mol. The van der Waals surface area contributed by atoms with Crippen LogP contribution in [0.25, 0.3) is 0 Å². The zero-order chi connectivity index (χ0) is 12.6. The van der Waals surface area contributed by atoms with Gasteiger partial charge in [0.1, 0.15) is 0 Å². The Bertz CT molecular complexity index is 330. The number of hydrogen-bond donors (Lipinski definition) is 0. The van der Waals surface area contributed by atoms with Gasteiger partial charge in [0, 0.05) is 6.04 Å². The number of ether oxygens (including phenoxy) is 1. The van der Waals surface area contributed by atoms with E-state index < -0.39 is 0 Å². The van der Waals surface area contributed by atoms with Crippen molar-refractivity contribution in [1.82, 2.24) is 4.90 Å². The standard InChI is InChI=1S/C15H25NO2/c1-2-18-14(17)15-8-5-7-12-6-3-4-10-16(11-9-15)13(12)15/h12-13H,2-11H2,1H3. The van der Waals surface area contributed by atoms with Crippen molar-refractivity contribution < 1.29 is 9.53 Å². The van der Waals surface area contributed by atoms with E-state index in [9.17, 15) is 4.79 Å². The van der Waals surface area contributed by atoms with Gasteiger partial charge < -0.3 is 4.74 Å². The highest BCUT2D eigenvalue weighted by atomic mass is 16.5. The van der Waals surface area contributed by atoms with Crippen molar-refractivity contribution in [3.63, 3.8) is 0 Å². The number of carbonyl (C=O) groups is 1. The van der Waals surface area contributed by atoms with Gasteiger partial charge >= 0.3 is 5.97 Å². The molecule has 3 atom stereocenters. The summed E-state index contributed by atoms with van der Waals surface area (Å²) in [6, 6.07) is 0.493. The van der Waals surface area contributed by atoms with Gasteiger partial charge in [-0.25, -0.2) is 0 Å². The monoisotopic (exact) mass is 251 g/mol. The topological polar surface area (TPSA) is 29.5 Å². The Morgan fingerprint density at radius 2 is 2.06 bits per heavy atom. The van der Waals surface area contributed by atoms with Gasteiger partial charge in [-0.05, 0) is 58.0 Å². The molecule has 3 heteroatoms. The molecule has 102 valence electrons. The highest BCUT2D eigenvalue weighted by Crippen LogP contribution is 2.52. The fourth-order valence-electron chi connectivity index (χ4n) is 4.71. The fraction of sp³-hybridized carbons (Fsp3) is 0.933. The lowest BCUT2D eigenvalue weighted by Gasteiger charge is -2.44. The average molecular weight is 251 g/mol. The van der Waals surface area contributed by atoms with Crippen molar-refractivity contribution in [2.45, 2.75) is 57.9 Å². The lowest BCUT2D eigenvalue weighted by atomic mass is 9.65. The van der Waals surface area contributed by atoms with Crippen LogP contribution in [0.3, 0.4) is 0 Å². The third-order valence-corrected chi connectivity index (χ3v) is 5.40. The molecule has 3 rings (SSSR count). The average Bonchev–Trinajstić information content (AvgIpc) is 2.62. The molecule has 3 aliphatic rings. The molecule has 0 bridgehead atoms. The Balaban J connectivity index is 1.90. The third-order valence-electron chi connectivity index (χ3n) is 5.40. The van der Waals surface area contributed by atoms with E-state index in [0.717, 1.165) is 25.3 Å². The minimum atomic E-state index is -0.150. The van der Waals surface area contributed by atoms with Gasteiger partial charge in [-0.2, -0.15) is 0 Å². The summed E-state index contributed by atoms with van der Waals surface area (Å²) < 4.78 is 5.43. The number of carbonyl (C=O) groups excluding carboxylic acids is 1. The van der Waals surface area contributed by atoms with Gasteiger partial charge in [-0.1, -0.05) is 12.8 Å². The second-order valence-electron chi connectivity index (χ2n) is 6.26. The van der Waals surface area contributed by atoms with Gasteiger partial charge in [0.05, 0.1) is 12.0 Å². The lowest BCUT2D eigenvalue weighted by Crippen LogP contribution is -2.51. The minimum absolute atomic E-state index is 0.101. The molecule has 0 radical (unpaired) electrons. The summed E-state index contributed by atoms with van der Waals surface area (Å²) in [6.07, 6.45) is 8.61. The molecule has 3 nitrogen and oxygen atoms in total. The van der Waals surface area contributed by atoms with E-state index in [1.807, 2.05) is 6.92 Å². The maximum atomic E-state index is 12.5. The molecule has 2 heterocycles. The van der Waals surface area contributed by atoms with Crippen LogP contribution in [-0.2, 0) is 9.53 Å². The molecule has 2 aliphatic heterocycles. The molecule has 1 aliphatic carbocycles. The van der Waals surface area contributed by atoms with Crippen molar-refractivity contribution in [1.29, 1.82) is 0 Å². The van der Waals surface area contributed by atoms with Gasteiger partial charge in [0.15, 0.2) is 0 Å². The summed E-state index contributed by atoms with van der Waals surface area (Å²) in [6.45, 7) is 4.76. The van der Waals surface area contributed by atoms with Crippen LogP contribution in [-0.4, -0.2) is 36.6 Å². The lowest BCUT2D eigenvalue weighted by molar-refractivity contribution is -0.160. The van der Waals surface area contributed by atoms with E-state index in [2.05, 4.69) is 4.90 Å². The van der Waals surface area contributed by atoms with E-state index in [-0.39, 0.29) is 11.4 Å². The molecule has 18 heavy (non-hydrogen) atoms. The third kappa shape index (κ3) is 1.78. The van der Waals surface area contributed by atoms with Crippen LogP contribution in [0.2, 0.25) is 0 Å². The second-order valence-corrected chi connectivity index (χ2v) is 6.26.